The molecule has 2 N–H and O–H groups in total. The summed E-state index contributed by atoms with van der Waals surface area (Å²) in [5.74, 6) is -0.325. The number of nitrogens with zero attached hydrogens (tertiary/aromatic N) is 1. The lowest BCUT2D eigenvalue weighted by molar-refractivity contribution is -0.132. The molecule has 0 bridgehead atoms. The van der Waals surface area contributed by atoms with Gasteiger partial charge in [-0.2, -0.15) is 0 Å². The summed E-state index contributed by atoms with van der Waals surface area (Å²) >= 11 is 0. The molecule has 7 nitrogen and oxygen atoms in total. The average molecular weight is 500 g/mol. The number of phenolic OH excluding ortho intramolecular Hbond substituents is 2. The van der Waals surface area contributed by atoms with Gasteiger partial charge in [-0.05, 0) is 37.0 Å². The summed E-state index contributed by atoms with van der Waals surface area (Å²) < 4.78 is 11.5. The van der Waals surface area contributed by atoms with Crippen LogP contribution in [0.15, 0.2) is 75.9 Å². The molecule has 190 valence electrons. The first-order valence-electron chi connectivity index (χ1n) is 12.5. The van der Waals surface area contributed by atoms with E-state index in [1.54, 1.807) is 19.2 Å². The van der Waals surface area contributed by atoms with E-state index in [0.717, 1.165) is 30.9 Å². The van der Waals surface area contributed by atoms with Crippen LogP contribution in [0, 0.1) is 0 Å². The molecule has 1 saturated heterocycles. The van der Waals surface area contributed by atoms with Crippen LogP contribution in [0.25, 0.3) is 22.3 Å². The van der Waals surface area contributed by atoms with E-state index in [1.807, 2.05) is 47.4 Å². The van der Waals surface area contributed by atoms with Crippen molar-refractivity contribution >= 4 is 16.9 Å². The summed E-state index contributed by atoms with van der Waals surface area (Å²) in [6, 6.07) is 18.9. The van der Waals surface area contributed by atoms with Crippen LogP contribution >= 0.6 is 0 Å². The number of benzene rings is 3. The highest BCUT2D eigenvalue weighted by atomic mass is 16.5. The standard InChI is InChI=1S/C30H29NO6/c1-36-21-12-10-19(11-13-21)22(16-27(35)31-14-6-3-7-15-31)28-23(32)17-24(33)29-25(34)18-26(37-30(28)29)20-8-4-2-5-9-20/h2,4-5,8-13,17-18,22,32-33H,3,6-7,14-16H2,1H3/t22-/m1/s1. The van der Waals surface area contributed by atoms with E-state index in [4.69, 9.17) is 9.15 Å². The van der Waals surface area contributed by atoms with Gasteiger partial charge in [-0.3, -0.25) is 9.59 Å². The summed E-state index contributed by atoms with van der Waals surface area (Å²) in [6.07, 6.45) is 3.09. The average Bonchev–Trinajstić information content (AvgIpc) is 2.93. The van der Waals surface area contributed by atoms with Crippen LogP contribution in [0.1, 0.15) is 42.7 Å². The molecule has 1 aromatic heterocycles. The van der Waals surface area contributed by atoms with Crippen LogP contribution in [0.2, 0.25) is 0 Å². The lowest BCUT2D eigenvalue weighted by atomic mass is 9.85. The van der Waals surface area contributed by atoms with Gasteiger partial charge in [-0.15, -0.1) is 0 Å². The molecule has 0 spiro atoms. The van der Waals surface area contributed by atoms with Gasteiger partial charge in [0.1, 0.15) is 34.0 Å². The van der Waals surface area contributed by atoms with E-state index >= 15 is 0 Å². The maximum Gasteiger partial charge on any atom is 0.223 e. The van der Waals surface area contributed by atoms with Gasteiger partial charge in [0.15, 0.2) is 5.43 Å². The largest absolute Gasteiger partial charge is 0.507 e. The molecule has 2 heterocycles. The molecular formula is C30H29NO6. The number of hydrogen-bond donors (Lipinski definition) is 2. The predicted molar refractivity (Wildman–Crippen MR) is 141 cm³/mol. The number of amides is 1. The number of ether oxygens (including phenoxy) is 1. The Morgan fingerprint density at radius 2 is 1.68 bits per heavy atom. The second-order valence-corrected chi connectivity index (χ2v) is 9.34. The minimum atomic E-state index is -0.627. The van der Waals surface area contributed by atoms with Crippen molar-refractivity contribution in [1.82, 2.24) is 4.90 Å². The lowest BCUT2D eigenvalue weighted by Gasteiger charge is -2.29. The zero-order chi connectivity index (χ0) is 25.9. The van der Waals surface area contributed by atoms with E-state index in [0.29, 0.717) is 35.7 Å². The number of piperidine rings is 1. The van der Waals surface area contributed by atoms with Gasteiger partial charge >= 0.3 is 0 Å². The Hall–Kier alpha value is -4.26. The van der Waals surface area contributed by atoms with Crippen molar-refractivity contribution in [2.75, 3.05) is 20.2 Å². The fourth-order valence-electron chi connectivity index (χ4n) is 5.07. The maximum absolute atomic E-state index is 13.4. The molecule has 37 heavy (non-hydrogen) atoms. The van der Waals surface area contributed by atoms with Crippen molar-refractivity contribution in [2.24, 2.45) is 0 Å². The van der Waals surface area contributed by atoms with Crippen LogP contribution in [0.3, 0.4) is 0 Å². The Morgan fingerprint density at radius 3 is 2.35 bits per heavy atom. The third-order valence-corrected chi connectivity index (χ3v) is 7.01. The van der Waals surface area contributed by atoms with Crippen LogP contribution in [0.5, 0.6) is 17.2 Å². The molecular weight excluding hydrogens is 470 g/mol. The van der Waals surface area contributed by atoms with Crippen LogP contribution < -0.4 is 10.2 Å². The predicted octanol–water partition coefficient (Wildman–Crippen LogP) is 5.41. The van der Waals surface area contributed by atoms with Gasteiger partial charge in [-0.1, -0.05) is 42.5 Å². The van der Waals surface area contributed by atoms with Crippen molar-refractivity contribution in [3.63, 3.8) is 0 Å². The normalized spacial score (nSPS) is 14.5. The van der Waals surface area contributed by atoms with Gasteiger partial charge < -0.3 is 24.3 Å². The van der Waals surface area contributed by atoms with E-state index in [1.165, 1.54) is 6.07 Å². The smallest absolute Gasteiger partial charge is 0.223 e. The molecule has 0 saturated carbocycles. The molecule has 0 radical (unpaired) electrons. The lowest BCUT2D eigenvalue weighted by Crippen LogP contribution is -2.36. The number of hydrogen-bond acceptors (Lipinski definition) is 6. The maximum atomic E-state index is 13.4. The van der Waals surface area contributed by atoms with Gasteiger partial charge in [0.05, 0.1) is 7.11 Å². The molecule has 1 amide bonds. The SMILES string of the molecule is COc1ccc([C@@H](CC(=O)N2CCCCC2)c2c(O)cc(O)c3c(=O)cc(-c4ccccc4)oc23)cc1. The van der Waals surface area contributed by atoms with Crippen LogP contribution in [0.4, 0.5) is 0 Å². The minimum absolute atomic E-state index is 0.0311. The molecule has 1 aliphatic heterocycles. The van der Waals surface area contributed by atoms with Gasteiger partial charge in [0, 0.05) is 48.7 Å². The van der Waals surface area contributed by atoms with Crippen molar-refractivity contribution in [3.05, 3.63) is 88.1 Å². The number of carbonyl (C=O) groups excluding carboxylic acids is 1. The van der Waals surface area contributed by atoms with E-state index in [-0.39, 0.29) is 34.8 Å². The van der Waals surface area contributed by atoms with Gasteiger partial charge in [-0.25, -0.2) is 0 Å². The first-order valence-corrected chi connectivity index (χ1v) is 12.5. The first-order chi connectivity index (χ1) is 18.0. The highest BCUT2D eigenvalue weighted by Crippen LogP contribution is 2.43. The minimum Gasteiger partial charge on any atom is -0.507 e. The highest BCUT2D eigenvalue weighted by Gasteiger charge is 2.30. The Bertz CT molecular complexity index is 1470. The van der Waals surface area contributed by atoms with Crippen molar-refractivity contribution in [1.29, 1.82) is 0 Å². The Labute approximate surface area is 214 Å². The second-order valence-electron chi connectivity index (χ2n) is 9.34. The zero-order valence-corrected chi connectivity index (χ0v) is 20.6. The van der Waals surface area contributed by atoms with Crippen LogP contribution in [-0.4, -0.2) is 41.2 Å². The molecule has 5 rings (SSSR count). The summed E-state index contributed by atoms with van der Waals surface area (Å²) in [5.41, 5.74) is 1.35. The summed E-state index contributed by atoms with van der Waals surface area (Å²) in [7, 11) is 1.57. The Balaban J connectivity index is 1.71. The zero-order valence-electron chi connectivity index (χ0n) is 20.6. The molecule has 1 aliphatic rings. The van der Waals surface area contributed by atoms with Crippen molar-refractivity contribution < 1.29 is 24.2 Å². The number of methoxy groups -OCH3 is 1. The highest BCUT2D eigenvalue weighted by molar-refractivity contribution is 5.91. The summed E-state index contributed by atoms with van der Waals surface area (Å²) in [5, 5.41) is 21.7. The van der Waals surface area contributed by atoms with Crippen LogP contribution in [-0.2, 0) is 4.79 Å². The van der Waals surface area contributed by atoms with Gasteiger partial charge in [0.2, 0.25) is 5.91 Å². The monoisotopic (exact) mass is 499 g/mol. The molecule has 7 heteroatoms. The van der Waals surface area contributed by atoms with Crippen molar-refractivity contribution in [2.45, 2.75) is 31.6 Å². The number of fused-ring (bicyclic) bond motifs is 1. The molecule has 1 fully saturated rings. The van der Waals surface area contributed by atoms with E-state index in [9.17, 15) is 19.8 Å². The number of phenols is 2. The second kappa shape index (κ2) is 10.4. The molecule has 0 aliphatic carbocycles. The quantitative estimate of drug-likeness (QED) is 0.368. The third-order valence-electron chi connectivity index (χ3n) is 7.01. The Morgan fingerprint density at radius 1 is 0.973 bits per heavy atom. The fraction of sp³-hybridized carbons (Fsp3) is 0.267. The summed E-state index contributed by atoms with van der Waals surface area (Å²) in [4.78, 5) is 28.5. The topological polar surface area (TPSA) is 100 Å². The van der Waals surface area contributed by atoms with Crippen molar-refractivity contribution in [3.8, 4) is 28.6 Å². The Kier molecular flexibility index (Phi) is 6.86. The molecule has 4 aromatic rings. The number of rotatable bonds is 6. The molecule has 0 unspecified atom stereocenters. The molecule has 1 atom stereocenters. The van der Waals surface area contributed by atoms with E-state index in [2.05, 4.69) is 0 Å². The number of aromatic hydroxyl groups is 2. The third kappa shape index (κ3) is 4.89. The summed E-state index contributed by atoms with van der Waals surface area (Å²) in [6.45, 7) is 1.40. The van der Waals surface area contributed by atoms with Gasteiger partial charge in [0.25, 0.3) is 0 Å². The van der Waals surface area contributed by atoms with E-state index < -0.39 is 11.3 Å². The molecule has 3 aromatic carbocycles. The number of carbonyl (C=O) groups is 1. The number of likely N-dealkylation sites (tertiary alicyclic amines) is 1. The fourth-order valence-corrected chi connectivity index (χ4v) is 5.07. The first kappa shape index (κ1) is 24.4.